The maximum absolute atomic E-state index is 12.1. The summed E-state index contributed by atoms with van der Waals surface area (Å²) in [5.74, 6) is -0.110. The van der Waals surface area contributed by atoms with Crippen LogP contribution < -0.4 is 11.1 Å². The highest BCUT2D eigenvalue weighted by Gasteiger charge is 2.34. The molecular weight excluding hydrogens is 296 g/mol. The van der Waals surface area contributed by atoms with Crippen LogP contribution in [0.15, 0.2) is 22.7 Å². The van der Waals surface area contributed by atoms with Gasteiger partial charge in [0.15, 0.2) is 0 Å². The number of nitrogens with two attached hydrogens (primary N) is 1. The molecule has 5 heteroatoms. The van der Waals surface area contributed by atoms with E-state index in [1.807, 2.05) is 0 Å². The van der Waals surface area contributed by atoms with Crippen molar-refractivity contribution in [3.8, 4) is 5.75 Å². The monoisotopic (exact) mass is 312 g/mol. The van der Waals surface area contributed by atoms with Crippen LogP contribution in [-0.4, -0.2) is 23.1 Å². The second-order valence-corrected chi connectivity index (χ2v) is 5.67. The number of nitrogens with one attached hydrogen (secondary N) is 1. The third-order valence-electron chi connectivity index (χ3n) is 3.54. The van der Waals surface area contributed by atoms with Crippen molar-refractivity contribution in [2.45, 2.75) is 31.2 Å². The zero-order valence-electron chi connectivity index (χ0n) is 10.1. The van der Waals surface area contributed by atoms with Gasteiger partial charge in [-0.25, -0.2) is 0 Å². The van der Waals surface area contributed by atoms with Gasteiger partial charge in [0.05, 0.1) is 10.0 Å². The molecule has 4 N–H and O–H groups in total. The van der Waals surface area contributed by atoms with Crippen molar-refractivity contribution in [3.63, 3.8) is 0 Å². The molecule has 0 unspecified atom stereocenters. The fraction of sp³-hybridized carbons (Fsp3) is 0.462. The average Bonchev–Trinajstić information content (AvgIpc) is 2.82. The van der Waals surface area contributed by atoms with Crippen LogP contribution in [-0.2, 0) is 0 Å². The Hall–Kier alpha value is -1.07. The number of amides is 1. The Morgan fingerprint density at radius 2 is 2.11 bits per heavy atom. The number of hydrogen-bond acceptors (Lipinski definition) is 3. The summed E-state index contributed by atoms with van der Waals surface area (Å²) in [6.45, 7) is 0.460. The molecule has 1 aromatic rings. The summed E-state index contributed by atoms with van der Waals surface area (Å²) >= 11 is 3.19. The van der Waals surface area contributed by atoms with Crippen molar-refractivity contribution in [1.29, 1.82) is 0 Å². The Bertz CT molecular complexity index is 456. The van der Waals surface area contributed by atoms with E-state index in [9.17, 15) is 9.90 Å². The highest BCUT2D eigenvalue weighted by Crippen LogP contribution is 2.29. The quantitative estimate of drug-likeness (QED) is 0.800. The number of benzene rings is 1. The van der Waals surface area contributed by atoms with E-state index in [-0.39, 0.29) is 17.2 Å². The van der Waals surface area contributed by atoms with Gasteiger partial charge in [0, 0.05) is 12.1 Å². The molecule has 2 rings (SSSR count). The molecule has 18 heavy (non-hydrogen) atoms. The molecule has 1 amide bonds. The first-order valence-corrected chi connectivity index (χ1v) is 6.87. The van der Waals surface area contributed by atoms with Crippen molar-refractivity contribution in [2.24, 2.45) is 5.73 Å². The normalized spacial score (nSPS) is 17.7. The molecule has 4 nitrogen and oxygen atoms in total. The number of aromatic hydroxyl groups is 1. The molecular formula is C13H17BrN2O2. The van der Waals surface area contributed by atoms with Crippen LogP contribution in [0.25, 0.3) is 0 Å². The van der Waals surface area contributed by atoms with Crippen LogP contribution in [0.3, 0.4) is 0 Å². The first-order chi connectivity index (χ1) is 8.56. The van der Waals surface area contributed by atoms with Crippen molar-refractivity contribution in [1.82, 2.24) is 5.32 Å². The first-order valence-electron chi connectivity index (χ1n) is 6.07. The van der Waals surface area contributed by atoms with E-state index in [2.05, 4.69) is 21.2 Å². The SMILES string of the molecule is NCC1(NC(=O)c2ccc(Br)c(O)c2)CCCC1. The molecule has 0 saturated heterocycles. The molecule has 0 radical (unpaired) electrons. The van der Waals surface area contributed by atoms with E-state index in [1.54, 1.807) is 12.1 Å². The van der Waals surface area contributed by atoms with Gasteiger partial charge in [-0.05, 0) is 47.0 Å². The number of rotatable bonds is 3. The van der Waals surface area contributed by atoms with Gasteiger partial charge in [-0.15, -0.1) is 0 Å². The Kier molecular flexibility index (Phi) is 3.92. The molecule has 1 fully saturated rings. The molecule has 0 aromatic heterocycles. The summed E-state index contributed by atoms with van der Waals surface area (Å²) in [6, 6.07) is 4.80. The molecule has 98 valence electrons. The molecule has 0 aliphatic heterocycles. The summed E-state index contributed by atoms with van der Waals surface area (Å²) in [4.78, 5) is 12.1. The third-order valence-corrected chi connectivity index (χ3v) is 4.21. The van der Waals surface area contributed by atoms with E-state index >= 15 is 0 Å². The van der Waals surface area contributed by atoms with Gasteiger partial charge in [0.1, 0.15) is 5.75 Å². The third kappa shape index (κ3) is 2.67. The smallest absolute Gasteiger partial charge is 0.251 e. The highest BCUT2D eigenvalue weighted by atomic mass is 79.9. The van der Waals surface area contributed by atoms with Crippen LogP contribution in [0.1, 0.15) is 36.0 Å². The fourth-order valence-corrected chi connectivity index (χ4v) is 2.65. The second kappa shape index (κ2) is 5.28. The molecule has 0 heterocycles. The second-order valence-electron chi connectivity index (χ2n) is 4.81. The lowest BCUT2D eigenvalue weighted by molar-refractivity contribution is 0.0902. The van der Waals surface area contributed by atoms with Crippen molar-refractivity contribution < 1.29 is 9.90 Å². The Morgan fingerprint density at radius 1 is 1.44 bits per heavy atom. The van der Waals surface area contributed by atoms with Crippen molar-refractivity contribution in [2.75, 3.05) is 6.54 Å². The van der Waals surface area contributed by atoms with Gasteiger partial charge in [-0.2, -0.15) is 0 Å². The van der Waals surface area contributed by atoms with Crippen LogP contribution in [0.5, 0.6) is 5.75 Å². The summed E-state index contributed by atoms with van der Waals surface area (Å²) in [5.41, 5.74) is 5.97. The molecule has 0 spiro atoms. The van der Waals surface area contributed by atoms with Gasteiger partial charge in [-0.1, -0.05) is 12.8 Å². The largest absolute Gasteiger partial charge is 0.507 e. The molecule has 0 bridgehead atoms. The van der Waals surface area contributed by atoms with Crippen LogP contribution in [0.2, 0.25) is 0 Å². The minimum absolute atomic E-state index is 0.0656. The fourth-order valence-electron chi connectivity index (χ4n) is 2.40. The minimum atomic E-state index is -0.264. The topological polar surface area (TPSA) is 75.3 Å². The lowest BCUT2D eigenvalue weighted by Crippen LogP contribution is -2.51. The molecule has 1 saturated carbocycles. The number of carbonyl (C=O) groups is 1. The summed E-state index contributed by atoms with van der Waals surface area (Å²) in [7, 11) is 0. The molecule has 1 aliphatic carbocycles. The van der Waals surface area contributed by atoms with Crippen LogP contribution in [0, 0.1) is 0 Å². The first kappa shape index (κ1) is 13.4. The summed E-state index contributed by atoms with van der Waals surface area (Å²) < 4.78 is 0.577. The van der Waals surface area contributed by atoms with Gasteiger partial charge in [0.25, 0.3) is 5.91 Å². The number of halogens is 1. The van der Waals surface area contributed by atoms with Crippen LogP contribution >= 0.6 is 15.9 Å². The Morgan fingerprint density at radius 3 is 2.67 bits per heavy atom. The van der Waals surface area contributed by atoms with E-state index in [4.69, 9.17) is 5.73 Å². The minimum Gasteiger partial charge on any atom is -0.507 e. The standard InChI is InChI=1S/C13H17BrN2O2/c14-10-4-3-9(7-11(10)17)12(18)16-13(8-15)5-1-2-6-13/h3-4,7,17H,1-2,5-6,8,15H2,(H,16,18). The van der Waals surface area contributed by atoms with Crippen LogP contribution in [0.4, 0.5) is 0 Å². The van der Waals surface area contributed by atoms with Gasteiger partial charge < -0.3 is 16.2 Å². The number of hydrogen-bond donors (Lipinski definition) is 3. The predicted molar refractivity (Wildman–Crippen MR) is 73.5 cm³/mol. The lowest BCUT2D eigenvalue weighted by Gasteiger charge is -2.28. The van der Waals surface area contributed by atoms with Gasteiger partial charge >= 0.3 is 0 Å². The number of phenolic OH excluding ortho intramolecular Hbond substituents is 1. The Balaban J connectivity index is 2.13. The lowest BCUT2D eigenvalue weighted by atomic mass is 9.97. The van der Waals surface area contributed by atoms with E-state index < -0.39 is 0 Å². The highest BCUT2D eigenvalue weighted by molar-refractivity contribution is 9.10. The zero-order chi connectivity index (χ0) is 13.2. The number of carbonyl (C=O) groups excluding carboxylic acids is 1. The summed E-state index contributed by atoms with van der Waals surface area (Å²) in [6.07, 6.45) is 4.06. The predicted octanol–water partition coefficient (Wildman–Crippen LogP) is 2.16. The maximum atomic E-state index is 12.1. The molecule has 0 atom stereocenters. The zero-order valence-corrected chi connectivity index (χ0v) is 11.7. The Labute approximate surface area is 115 Å². The van der Waals surface area contributed by atoms with E-state index in [0.717, 1.165) is 25.7 Å². The van der Waals surface area contributed by atoms with E-state index in [0.29, 0.717) is 16.6 Å². The average molecular weight is 313 g/mol. The van der Waals surface area contributed by atoms with E-state index in [1.165, 1.54) is 6.07 Å². The van der Waals surface area contributed by atoms with Crippen molar-refractivity contribution >= 4 is 21.8 Å². The number of phenols is 1. The summed E-state index contributed by atoms with van der Waals surface area (Å²) in [5, 5.41) is 12.6. The van der Waals surface area contributed by atoms with Gasteiger partial charge in [-0.3, -0.25) is 4.79 Å². The molecule has 1 aliphatic rings. The maximum Gasteiger partial charge on any atom is 0.251 e. The molecule has 1 aromatic carbocycles. The van der Waals surface area contributed by atoms with Gasteiger partial charge in [0.2, 0.25) is 0 Å². The van der Waals surface area contributed by atoms with Crippen molar-refractivity contribution in [3.05, 3.63) is 28.2 Å².